The number of hydrogen-bond acceptors (Lipinski definition) is 5. The van der Waals surface area contributed by atoms with Crippen molar-refractivity contribution < 1.29 is 4.79 Å². The molecule has 5 nitrogen and oxygen atoms in total. The first-order valence-corrected chi connectivity index (χ1v) is 12.4. The summed E-state index contributed by atoms with van der Waals surface area (Å²) in [7, 11) is 0. The Hall–Kier alpha value is -2.12. The van der Waals surface area contributed by atoms with Crippen LogP contribution in [0.3, 0.4) is 0 Å². The van der Waals surface area contributed by atoms with Gasteiger partial charge in [0.15, 0.2) is 5.16 Å². The zero-order chi connectivity index (χ0) is 21.3. The normalized spacial score (nSPS) is 13.6. The van der Waals surface area contributed by atoms with Gasteiger partial charge in [-0.2, -0.15) is 0 Å². The van der Waals surface area contributed by atoms with Gasteiger partial charge in [0.05, 0.1) is 11.1 Å². The predicted octanol–water partition coefficient (Wildman–Crippen LogP) is 5.21. The molecule has 0 aliphatic heterocycles. The van der Waals surface area contributed by atoms with Gasteiger partial charge in [-0.1, -0.05) is 37.7 Å². The Morgan fingerprint density at radius 2 is 1.97 bits per heavy atom. The highest BCUT2D eigenvalue weighted by molar-refractivity contribution is 7.99. The van der Waals surface area contributed by atoms with Gasteiger partial charge in [0.1, 0.15) is 4.83 Å². The molecule has 0 spiro atoms. The summed E-state index contributed by atoms with van der Waals surface area (Å²) < 4.78 is 1.71. The maximum absolute atomic E-state index is 13.2. The van der Waals surface area contributed by atoms with Crippen molar-refractivity contribution in [1.82, 2.24) is 9.55 Å². The highest BCUT2D eigenvalue weighted by Crippen LogP contribution is 2.34. The van der Waals surface area contributed by atoms with Gasteiger partial charge in [0.25, 0.3) is 5.56 Å². The van der Waals surface area contributed by atoms with Crippen LogP contribution in [0.15, 0.2) is 34.2 Å². The smallest absolute Gasteiger partial charge is 0.263 e. The Morgan fingerprint density at radius 1 is 1.23 bits per heavy atom. The van der Waals surface area contributed by atoms with Gasteiger partial charge in [-0.3, -0.25) is 14.2 Å². The summed E-state index contributed by atoms with van der Waals surface area (Å²) in [6.07, 6.45) is 4.34. The Morgan fingerprint density at radius 3 is 2.67 bits per heavy atom. The quantitative estimate of drug-likeness (QED) is 0.421. The molecule has 1 aliphatic rings. The molecule has 1 amide bonds. The van der Waals surface area contributed by atoms with Crippen molar-refractivity contribution in [3.8, 4) is 0 Å². The van der Waals surface area contributed by atoms with Crippen molar-refractivity contribution in [1.29, 1.82) is 0 Å². The third kappa shape index (κ3) is 4.18. The van der Waals surface area contributed by atoms with E-state index in [0.717, 1.165) is 35.2 Å². The molecule has 30 heavy (non-hydrogen) atoms. The van der Waals surface area contributed by atoms with E-state index in [9.17, 15) is 9.59 Å². The lowest BCUT2D eigenvalue weighted by Crippen LogP contribution is -2.24. The lowest BCUT2D eigenvalue weighted by molar-refractivity contribution is -0.113. The van der Waals surface area contributed by atoms with E-state index in [2.05, 4.69) is 19.2 Å². The molecule has 1 aliphatic carbocycles. The molecule has 158 valence electrons. The zero-order valence-electron chi connectivity index (χ0n) is 17.7. The molecule has 4 rings (SSSR count). The molecule has 1 aromatic carbocycles. The van der Waals surface area contributed by atoms with Crippen LogP contribution >= 0.6 is 23.1 Å². The number of thiophene rings is 1. The highest BCUT2D eigenvalue weighted by Gasteiger charge is 2.22. The Kier molecular flexibility index (Phi) is 6.29. The molecule has 0 saturated heterocycles. The van der Waals surface area contributed by atoms with Crippen LogP contribution in [0, 0.1) is 0 Å². The minimum atomic E-state index is -0.0974. The number of benzene rings is 1. The summed E-state index contributed by atoms with van der Waals surface area (Å²) in [4.78, 5) is 32.5. The van der Waals surface area contributed by atoms with E-state index in [1.807, 2.05) is 31.2 Å². The lowest BCUT2D eigenvalue weighted by Gasteiger charge is -2.12. The summed E-state index contributed by atoms with van der Waals surface area (Å²) in [5, 5.41) is 4.36. The first-order valence-electron chi connectivity index (χ1n) is 10.6. The second kappa shape index (κ2) is 8.94. The largest absolute Gasteiger partial charge is 0.325 e. The zero-order valence-corrected chi connectivity index (χ0v) is 19.3. The van der Waals surface area contributed by atoms with E-state index >= 15 is 0 Å². The Balaban J connectivity index is 1.52. The van der Waals surface area contributed by atoms with E-state index in [1.54, 1.807) is 15.9 Å². The molecular formula is C23H27N3O2S2. The molecule has 0 radical (unpaired) electrons. The fraction of sp³-hybridized carbons (Fsp3) is 0.435. The molecule has 3 aromatic rings. The van der Waals surface area contributed by atoms with Crippen LogP contribution in [0.1, 0.15) is 55.5 Å². The van der Waals surface area contributed by atoms with Gasteiger partial charge in [-0.15, -0.1) is 11.3 Å². The Bertz CT molecular complexity index is 1130. The average Bonchev–Trinajstić information content (AvgIpc) is 3.11. The van der Waals surface area contributed by atoms with Gasteiger partial charge < -0.3 is 5.32 Å². The Labute approximate surface area is 184 Å². The van der Waals surface area contributed by atoms with Crippen LogP contribution < -0.4 is 10.9 Å². The number of amides is 1. The minimum Gasteiger partial charge on any atom is -0.325 e. The number of carbonyl (C=O) groups excluding carboxylic acids is 1. The van der Waals surface area contributed by atoms with Crippen molar-refractivity contribution in [2.24, 2.45) is 0 Å². The van der Waals surface area contributed by atoms with Crippen molar-refractivity contribution in [2.75, 3.05) is 11.1 Å². The third-order valence-corrected chi connectivity index (χ3v) is 7.71. The number of aryl methyl sites for hydroxylation is 2. The number of aromatic nitrogens is 2. The van der Waals surface area contributed by atoms with Gasteiger partial charge in [-0.25, -0.2) is 4.98 Å². The number of anilines is 1. The van der Waals surface area contributed by atoms with E-state index in [-0.39, 0.29) is 17.2 Å². The second-order valence-corrected chi connectivity index (χ2v) is 9.97. The fourth-order valence-electron chi connectivity index (χ4n) is 3.89. The number of carbonyl (C=O) groups is 1. The van der Waals surface area contributed by atoms with E-state index in [4.69, 9.17) is 4.98 Å². The molecule has 0 unspecified atom stereocenters. The fourth-order valence-corrected chi connectivity index (χ4v) is 6.05. The maximum Gasteiger partial charge on any atom is 0.263 e. The molecule has 2 heterocycles. The van der Waals surface area contributed by atoms with E-state index < -0.39 is 0 Å². The van der Waals surface area contributed by atoms with Crippen LogP contribution in [0.25, 0.3) is 10.2 Å². The molecule has 0 bridgehead atoms. The van der Waals surface area contributed by atoms with Crippen LogP contribution in [-0.2, 0) is 24.2 Å². The number of thioether (sulfide) groups is 1. The molecule has 0 saturated carbocycles. The first kappa shape index (κ1) is 21.1. The molecule has 0 fully saturated rings. The summed E-state index contributed by atoms with van der Waals surface area (Å²) >= 11 is 2.98. The minimum absolute atomic E-state index is 0.0362. The number of fused-ring (bicyclic) bond motifs is 3. The summed E-state index contributed by atoms with van der Waals surface area (Å²) in [5.74, 6) is 0.578. The van der Waals surface area contributed by atoms with Crippen LogP contribution in [-0.4, -0.2) is 21.2 Å². The molecule has 0 atom stereocenters. The standard InChI is InChI=1S/C23H27N3O2S2/c1-4-26-22(28)20-17-7-5-6-8-18(17)30-21(20)25-23(26)29-13-19(27)24-16-11-9-15(10-12-16)14(2)3/h9-12,14H,4-8,13H2,1-3H3,(H,24,27). The van der Waals surface area contributed by atoms with Crippen molar-refractivity contribution in [3.63, 3.8) is 0 Å². The number of nitrogens with one attached hydrogen (secondary N) is 1. The number of hydrogen-bond donors (Lipinski definition) is 1. The van der Waals surface area contributed by atoms with Gasteiger partial charge in [0.2, 0.25) is 5.91 Å². The molecule has 1 N–H and O–H groups in total. The van der Waals surface area contributed by atoms with Crippen molar-refractivity contribution >= 4 is 44.9 Å². The third-order valence-electron chi connectivity index (χ3n) is 5.55. The van der Waals surface area contributed by atoms with E-state index in [0.29, 0.717) is 17.6 Å². The van der Waals surface area contributed by atoms with Gasteiger partial charge in [-0.05, 0) is 61.8 Å². The SMILES string of the molecule is CCn1c(SCC(=O)Nc2ccc(C(C)C)cc2)nc2sc3c(c2c1=O)CCCC3. The van der Waals surface area contributed by atoms with Crippen LogP contribution in [0.4, 0.5) is 5.69 Å². The summed E-state index contributed by atoms with van der Waals surface area (Å²) in [6.45, 7) is 6.79. The molecule has 2 aromatic heterocycles. The lowest BCUT2D eigenvalue weighted by atomic mass is 9.97. The molecule has 7 heteroatoms. The van der Waals surface area contributed by atoms with Crippen molar-refractivity contribution in [2.45, 2.75) is 64.1 Å². The number of rotatable bonds is 6. The van der Waals surface area contributed by atoms with Gasteiger partial charge in [0, 0.05) is 17.1 Å². The van der Waals surface area contributed by atoms with Crippen molar-refractivity contribution in [3.05, 3.63) is 50.6 Å². The highest BCUT2D eigenvalue weighted by atomic mass is 32.2. The monoisotopic (exact) mass is 441 g/mol. The summed E-state index contributed by atoms with van der Waals surface area (Å²) in [5.41, 5.74) is 3.27. The predicted molar refractivity (Wildman–Crippen MR) is 126 cm³/mol. The van der Waals surface area contributed by atoms with E-state index in [1.165, 1.54) is 34.2 Å². The first-order chi connectivity index (χ1) is 14.5. The molecular weight excluding hydrogens is 414 g/mol. The second-order valence-electron chi connectivity index (χ2n) is 7.95. The number of nitrogens with zero attached hydrogens (tertiary/aromatic N) is 2. The van der Waals surface area contributed by atoms with Gasteiger partial charge >= 0.3 is 0 Å². The average molecular weight is 442 g/mol. The summed E-state index contributed by atoms with van der Waals surface area (Å²) in [6, 6.07) is 7.94. The maximum atomic E-state index is 13.2. The van der Waals surface area contributed by atoms with Crippen LogP contribution in [0.2, 0.25) is 0 Å². The topological polar surface area (TPSA) is 64.0 Å². The van der Waals surface area contributed by atoms with Crippen LogP contribution in [0.5, 0.6) is 0 Å².